The number of aromatic nitrogens is 1. The highest BCUT2D eigenvalue weighted by molar-refractivity contribution is 5.94. The monoisotopic (exact) mass is 251 g/mol. The predicted molar refractivity (Wildman–Crippen MR) is 65.3 cm³/mol. The van der Waals surface area contributed by atoms with Crippen molar-refractivity contribution in [1.29, 1.82) is 0 Å². The lowest BCUT2D eigenvalue weighted by Gasteiger charge is -2.20. The molecular formula is C12H17N3O3. The van der Waals surface area contributed by atoms with Crippen molar-refractivity contribution < 1.29 is 14.3 Å². The van der Waals surface area contributed by atoms with Crippen molar-refractivity contribution in [3.63, 3.8) is 0 Å². The summed E-state index contributed by atoms with van der Waals surface area (Å²) in [5.41, 5.74) is 0.654. The first-order valence-electron chi connectivity index (χ1n) is 5.97. The summed E-state index contributed by atoms with van der Waals surface area (Å²) in [5, 5.41) is 0. The van der Waals surface area contributed by atoms with Crippen LogP contribution in [0.1, 0.15) is 16.8 Å². The van der Waals surface area contributed by atoms with Gasteiger partial charge in [-0.15, -0.1) is 0 Å². The van der Waals surface area contributed by atoms with Crippen LogP contribution in [0.25, 0.3) is 0 Å². The molecule has 0 atom stereocenters. The highest BCUT2D eigenvalue weighted by atomic mass is 16.5. The molecule has 0 radical (unpaired) electrons. The summed E-state index contributed by atoms with van der Waals surface area (Å²) < 4.78 is 4.69. The number of hydrogen-bond acceptors (Lipinski definition) is 3. The first-order valence-corrected chi connectivity index (χ1v) is 5.97. The van der Waals surface area contributed by atoms with Crippen molar-refractivity contribution in [3.8, 4) is 0 Å². The minimum Gasteiger partial charge on any atom is -0.453 e. The summed E-state index contributed by atoms with van der Waals surface area (Å²) >= 11 is 0. The molecule has 1 saturated heterocycles. The number of ether oxygens (including phenoxy) is 1. The largest absolute Gasteiger partial charge is 0.453 e. The third kappa shape index (κ3) is 2.64. The van der Waals surface area contributed by atoms with Crippen LogP contribution >= 0.6 is 0 Å². The Labute approximate surface area is 106 Å². The molecule has 6 heteroatoms. The Morgan fingerprint density at radius 3 is 2.61 bits per heavy atom. The van der Waals surface area contributed by atoms with E-state index in [2.05, 4.69) is 4.98 Å². The van der Waals surface area contributed by atoms with E-state index in [1.54, 1.807) is 28.3 Å². The normalized spacial score (nSPS) is 16.3. The van der Waals surface area contributed by atoms with Gasteiger partial charge in [-0.1, -0.05) is 0 Å². The fraction of sp³-hybridized carbons (Fsp3) is 0.500. The molecule has 0 unspecified atom stereocenters. The van der Waals surface area contributed by atoms with Gasteiger partial charge in [-0.3, -0.25) is 4.79 Å². The van der Waals surface area contributed by atoms with Gasteiger partial charge < -0.3 is 19.5 Å². The zero-order valence-electron chi connectivity index (χ0n) is 10.4. The molecule has 2 amide bonds. The topological polar surface area (TPSA) is 65.6 Å². The van der Waals surface area contributed by atoms with Crippen molar-refractivity contribution >= 4 is 12.0 Å². The van der Waals surface area contributed by atoms with Crippen molar-refractivity contribution in [1.82, 2.24) is 14.8 Å². The van der Waals surface area contributed by atoms with Gasteiger partial charge in [-0.05, 0) is 12.5 Å². The van der Waals surface area contributed by atoms with Crippen LogP contribution in [0.15, 0.2) is 18.5 Å². The number of aromatic amines is 1. The lowest BCUT2D eigenvalue weighted by molar-refractivity contribution is 0.0757. The highest BCUT2D eigenvalue weighted by Gasteiger charge is 2.23. The molecule has 0 saturated carbocycles. The maximum absolute atomic E-state index is 12.1. The minimum atomic E-state index is -0.328. The molecule has 0 bridgehead atoms. The molecule has 0 spiro atoms. The second-order valence-corrected chi connectivity index (χ2v) is 4.20. The quantitative estimate of drug-likeness (QED) is 0.807. The Bertz CT molecular complexity index is 416. The number of rotatable bonds is 1. The van der Waals surface area contributed by atoms with Crippen LogP contribution in [0.4, 0.5) is 4.79 Å². The van der Waals surface area contributed by atoms with Crippen LogP contribution in [-0.4, -0.2) is 60.1 Å². The first-order chi connectivity index (χ1) is 8.72. The Morgan fingerprint density at radius 2 is 1.94 bits per heavy atom. The molecule has 1 aromatic rings. The fourth-order valence-electron chi connectivity index (χ4n) is 2.07. The first kappa shape index (κ1) is 12.5. The molecule has 1 aromatic heterocycles. The number of nitrogens with one attached hydrogen (secondary N) is 1. The van der Waals surface area contributed by atoms with E-state index in [-0.39, 0.29) is 12.0 Å². The van der Waals surface area contributed by atoms with Crippen LogP contribution < -0.4 is 0 Å². The van der Waals surface area contributed by atoms with Gasteiger partial charge >= 0.3 is 6.09 Å². The molecule has 1 N–H and O–H groups in total. The standard InChI is InChI=1S/C12H17N3O3/c1-18-12(17)15-6-2-5-14(7-8-15)11(16)10-3-4-13-9-10/h3-4,9,13H,2,5-8H2,1H3. The van der Waals surface area contributed by atoms with E-state index in [1.807, 2.05) is 0 Å². The van der Waals surface area contributed by atoms with Gasteiger partial charge in [0.25, 0.3) is 5.91 Å². The molecule has 0 aliphatic carbocycles. The van der Waals surface area contributed by atoms with Gasteiger partial charge in [-0.25, -0.2) is 4.79 Å². The molecule has 1 fully saturated rings. The van der Waals surface area contributed by atoms with Crippen molar-refractivity contribution in [2.75, 3.05) is 33.3 Å². The van der Waals surface area contributed by atoms with Crippen molar-refractivity contribution in [2.45, 2.75) is 6.42 Å². The number of hydrogen-bond donors (Lipinski definition) is 1. The maximum Gasteiger partial charge on any atom is 0.409 e. The van der Waals surface area contributed by atoms with Crippen LogP contribution in [0, 0.1) is 0 Å². The van der Waals surface area contributed by atoms with E-state index >= 15 is 0 Å². The van der Waals surface area contributed by atoms with Crippen LogP contribution in [-0.2, 0) is 4.74 Å². The zero-order chi connectivity index (χ0) is 13.0. The van der Waals surface area contributed by atoms with E-state index < -0.39 is 0 Å². The van der Waals surface area contributed by atoms with Crippen LogP contribution in [0.5, 0.6) is 0 Å². The number of amides is 2. The summed E-state index contributed by atoms with van der Waals surface area (Å²) in [6.07, 6.45) is 3.86. The Morgan fingerprint density at radius 1 is 1.22 bits per heavy atom. The SMILES string of the molecule is COC(=O)N1CCCN(C(=O)c2cc[nH]c2)CC1. The van der Waals surface area contributed by atoms with Gasteiger partial charge in [0.05, 0.1) is 12.7 Å². The molecule has 6 nitrogen and oxygen atoms in total. The van der Waals surface area contributed by atoms with Crippen LogP contribution in [0.2, 0.25) is 0 Å². The Kier molecular flexibility index (Phi) is 3.86. The van der Waals surface area contributed by atoms with Gasteiger partial charge in [0.2, 0.25) is 0 Å². The van der Waals surface area contributed by atoms with Crippen molar-refractivity contribution in [2.24, 2.45) is 0 Å². The Balaban J connectivity index is 1.97. The maximum atomic E-state index is 12.1. The summed E-state index contributed by atoms with van der Waals surface area (Å²) in [5.74, 6) is 0.00275. The molecule has 2 heterocycles. The van der Waals surface area contributed by atoms with Gasteiger partial charge in [-0.2, -0.15) is 0 Å². The third-order valence-corrected chi connectivity index (χ3v) is 3.06. The molecule has 0 aromatic carbocycles. The van der Waals surface area contributed by atoms with E-state index in [9.17, 15) is 9.59 Å². The van der Waals surface area contributed by atoms with Gasteiger partial charge in [0.15, 0.2) is 0 Å². The van der Waals surface area contributed by atoms with Gasteiger partial charge in [0, 0.05) is 38.6 Å². The third-order valence-electron chi connectivity index (χ3n) is 3.06. The second kappa shape index (κ2) is 5.57. The Hall–Kier alpha value is -1.98. The molecule has 98 valence electrons. The minimum absolute atomic E-state index is 0.00275. The molecule has 2 rings (SSSR count). The summed E-state index contributed by atoms with van der Waals surface area (Å²) in [7, 11) is 1.37. The number of carbonyl (C=O) groups excluding carboxylic acids is 2. The van der Waals surface area contributed by atoms with E-state index in [1.165, 1.54) is 7.11 Å². The smallest absolute Gasteiger partial charge is 0.409 e. The average molecular weight is 251 g/mol. The van der Waals surface area contributed by atoms with Crippen LogP contribution in [0.3, 0.4) is 0 Å². The lowest BCUT2D eigenvalue weighted by atomic mass is 10.3. The number of H-pyrrole nitrogens is 1. The second-order valence-electron chi connectivity index (χ2n) is 4.20. The number of nitrogens with zero attached hydrogens (tertiary/aromatic N) is 2. The van der Waals surface area contributed by atoms with E-state index in [0.717, 1.165) is 6.42 Å². The highest BCUT2D eigenvalue weighted by Crippen LogP contribution is 2.09. The fourth-order valence-corrected chi connectivity index (χ4v) is 2.07. The molecule has 1 aliphatic rings. The predicted octanol–water partition coefficient (Wildman–Crippen LogP) is 0.929. The van der Waals surface area contributed by atoms with E-state index in [4.69, 9.17) is 4.74 Å². The average Bonchev–Trinajstić information content (AvgIpc) is 2.81. The summed E-state index contributed by atoms with van der Waals surface area (Å²) in [6.45, 7) is 2.35. The summed E-state index contributed by atoms with van der Waals surface area (Å²) in [4.78, 5) is 29.8. The molecule has 1 aliphatic heterocycles. The number of methoxy groups -OCH3 is 1. The van der Waals surface area contributed by atoms with E-state index in [0.29, 0.717) is 31.7 Å². The summed E-state index contributed by atoms with van der Waals surface area (Å²) in [6, 6.07) is 1.76. The lowest BCUT2D eigenvalue weighted by Crippen LogP contribution is -2.37. The zero-order valence-corrected chi connectivity index (χ0v) is 10.4. The molecule has 18 heavy (non-hydrogen) atoms. The number of carbonyl (C=O) groups is 2. The molecular weight excluding hydrogens is 234 g/mol. The van der Waals surface area contributed by atoms with Gasteiger partial charge in [0.1, 0.15) is 0 Å². The van der Waals surface area contributed by atoms with Crippen molar-refractivity contribution in [3.05, 3.63) is 24.0 Å².